The van der Waals surface area contributed by atoms with Gasteiger partial charge in [0.1, 0.15) is 67.1 Å². The van der Waals surface area contributed by atoms with Crippen molar-refractivity contribution in [1.29, 1.82) is 0 Å². The van der Waals surface area contributed by atoms with Crippen LogP contribution in [0.1, 0.15) is 13.3 Å². The van der Waals surface area contributed by atoms with Crippen LogP contribution in [0.15, 0.2) is 0 Å². The van der Waals surface area contributed by atoms with E-state index in [0.717, 1.165) is 14.0 Å². The molecule has 11 N–H and O–H groups in total. The van der Waals surface area contributed by atoms with Gasteiger partial charge in [-0.05, 0) is 0 Å². The molecule has 262 valence electrons. The van der Waals surface area contributed by atoms with Gasteiger partial charge in [0.15, 0.2) is 12.6 Å². The minimum Gasteiger partial charge on any atom is -0.477 e. The summed E-state index contributed by atoms with van der Waals surface area (Å²) in [5.41, 5.74) is 0. The first kappa shape index (κ1) is 37.8. The van der Waals surface area contributed by atoms with Crippen molar-refractivity contribution in [2.75, 3.05) is 34.0 Å². The normalized spacial score (nSPS) is 43.8. The zero-order valence-corrected chi connectivity index (χ0v) is 24.6. The first-order valence-corrected chi connectivity index (χ1v) is 14.0. The summed E-state index contributed by atoms with van der Waals surface area (Å²) >= 11 is 0. The number of methoxy groups -OCH3 is 2. The Morgan fingerprint density at radius 2 is 1.58 bits per heavy atom. The summed E-state index contributed by atoms with van der Waals surface area (Å²) in [4.78, 5) is 24.8. The third-order valence-electron chi connectivity index (χ3n) is 7.90. The molecular weight excluding hydrogens is 618 g/mol. The third kappa shape index (κ3) is 8.06. The van der Waals surface area contributed by atoms with Gasteiger partial charge in [-0.2, -0.15) is 0 Å². The smallest absolute Gasteiger partial charge is 0.364 e. The number of rotatable bonds is 13. The Kier molecular flexibility index (Phi) is 13.4. The largest absolute Gasteiger partial charge is 0.477 e. The topological polar surface area (TPSA) is 313 Å². The SMILES string of the molecule is COC[C@@H](O)[C@@H](O)[C@@H]1O[C@@](O[C@H]2[C@@H](O)[C@@H](CO)O[C@@H](O[C@H]3[C@H](O)[C@@H](O)[C@H](O)O[C@@H]3CO)[C@@H]2O)(C(=O)O)C[C@H](OC)[C@H]1NC(C)=O. The third-order valence-corrected chi connectivity index (χ3v) is 7.90. The number of carboxylic acid groups (broad SMARTS) is 1. The van der Waals surface area contributed by atoms with Crippen LogP contribution >= 0.6 is 0 Å². The molecule has 0 radical (unpaired) electrons. The second-order valence-corrected chi connectivity index (χ2v) is 11.0. The van der Waals surface area contributed by atoms with Gasteiger partial charge in [-0.1, -0.05) is 0 Å². The van der Waals surface area contributed by atoms with Gasteiger partial charge in [0.25, 0.3) is 5.79 Å². The minimum atomic E-state index is -2.86. The Morgan fingerprint density at radius 1 is 0.933 bits per heavy atom. The van der Waals surface area contributed by atoms with Crippen LogP contribution in [0.25, 0.3) is 0 Å². The van der Waals surface area contributed by atoms with Crippen LogP contribution in [0.4, 0.5) is 0 Å². The monoisotopic (exact) mass is 661 g/mol. The van der Waals surface area contributed by atoms with Crippen LogP contribution in [0.5, 0.6) is 0 Å². The van der Waals surface area contributed by atoms with Crippen molar-refractivity contribution < 1.29 is 93.8 Å². The van der Waals surface area contributed by atoms with E-state index in [1.54, 1.807) is 0 Å². The fourth-order valence-electron chi connectivity index (χ4n) is 5.53. The molecule has 0 saturated carbocycles. The number of ether oxygens (including phenoxy) is 7. The van der Waals surface area contributed by atoms with Gasteiger partial charge in [-0.15, -0.1) is 0 Å². The number of aliphatic hydroxyl groups is 9. The highest BCUT2D eigenvalue weighted by atomic mass is 16.8. The standard InChI is InChI=1S/C25H43NO19/c1-8(29)26-13-10(40-3)4-25(24(37)38,44-20(13)14(31)9(30)7-39-2)45-21-15(32)11(5-27)42-23(18(21)35)43-19-12(6-28)41-22(36)17(34)16(19)33/h9-23,27-28,30-36H,4-7H2,1-3H3,(H,26,29)(H,37,38)/t9-,10+,11-,12-,13-,14-,15+,16-,17-,18-,19-,20-,21+,22-,23+,25+/m1/s1. The molecule has 0 bridgehead atoms. The Morgan fingerprint density at radius 3 is 2.11 bits per heavy atom. The van der Waals surface area contributed by atoms with E-state index in [-0.39, 0.29) is 0 Å². The Hall–Kier alpha value is -1.70. The van der Waals surface area contributed by atoms with Crippen LogP contribution < -0.4 is 5.32 Å². The molecule has 20 heteroatoms. The molecule has 3 rings (SSSR count). The quantitative estimate of drug-likeness (QED) is 0.0873. The average molecular weight is 662 g/mol. The fourth-order valence-corrected chi connectivity index (χ4v) is 5.53. The molecule has 1 amide bonds. The van der Waals surface area contributed by atoms with Crippen molar-refractivity contribution in [3.63, 3.8) is 0 Å². The van der Waals surface area contributed by atoms with Gasteiger partial charge in [-0.3, -0.25) is 4.79 Å². The number of nitrogens with one attached hydrogen (secondary N) is 1. The van der Waals surface area contributed by atoms with E-state index in [9.17, 15) is 60.7 Å². The van der Waals surface area contributed by atoms with Crippen molar-refractivity contribution >= 4 is 11.9 Å². The van der Waals surface area contributed by atoms with Crippen molar-refractivity contribution in [3.8, 4) is 0 Å². The van der Waals surface area contributed by atoms with E-state index in [0.29, 0.717) is 0 Å². The summed E-state index contributed by atoms with van der Waals surface area (Å²) < 4.78 is 37.7. The minimum absolute atomic E-state index is 0.432. The summed E-state index contributed by atoms with van der Waals surface area (Å²) in [6.45, 7) is -1.07. The zero-order valence-electron chi connectivity index (χ0n) is 24.6. The predicted octanol–water partition coefficient (Wildman–Crippen LogP) is -6.92. The van der Waals surface area contributed by atoms with Crippen LogP contribution in [0.2, 0.25) is 0 Å². The van der Waals surface area contributed by atoms with Gasteiger partial charge in [0.2, 0.25) is 5.91 Å². The van der Waals surface area contributed by atoms with E-state index in [1.807, 2.05) is 0 Å². The van der Waals surface area contributed by atoms with Crippen LogP contribution in [-0.2, 0) is 42.7 Å². The second kappa shape index (κ2) is 15.9. The summed E-state index contributed by atoms with van der Waals surface area (Å²) in [7, 11) is 2.39. The number of carbonyl (C=O) groups excluding carboxylic acids is 1. The van der Waals surface area contributed by atoms with Crippen molar-refractivity contribution in [2.45, 2.75) is 111 Å². The van der Waals surface area contributed by atoms with Gasteiger partial charge in [-0.25, -0.2) is 4.79 Å². The Balaban J connectivity index is 1.98. The molecule has 3 heterocycles. The van der Waals surface area contributed by atoms with E-state index < -0.39 is 136 Å². The molecule has 0 aromatic heterocycles. The lowest BCUT2D eigenvalue weighted by Gasteiger charge is -2.51. The first-order valence-electron chi connectivity index (χ1n) is 14.0. The van der Waals surface area contributed by atoms with Gasteiger partial charge >= 0.3 is 5.97 Å². The molecule has 0 aliphatic carbocycles. The summed E-state index contributed by atoms with van der Waals surface area (Å²) in [6, 6.07) is -1.25. The predicted molar refractivity (Wildman–Crippen MR) is 140 cm³/mol. The molecular formula is C25H43NO19. The number of carboxylic acids is 1. The number of amides is 1. The van der Waals surface area contributed by atoms with Gasteiger partial charge in [0, 0.05) is 27.6 Å². The molecule has 3 aliphatic heterocycles. The average Bonchev–Trinajstić information content (AvgIpc) is 3.00. The molecule has 3 aliphatic rings. The molecule has 0 aromatic rings. The maximum absolute atomic E-state index is 12.8. The molecule has 45 heavy (non-hydrogen) atoms. The fraction of sp³-hybridized carbons (Fsp3) is 0.920. The number of aliphatic carboxylic acids is 1. The lowest BCUT2D eigenvalue weighted by Crippen LogP contribution is -2.71. The van der Waals surface area contributed by atoms with E-state index in [1.165, 1.54) is 7.11 Å². The Labute approximate surface area is 256 Å². The van der Waals surface area contributed by atoms with Crippen LogP contribution in [0.3, 0.4) is 0 Å². The molecule has 3 fully saturated rings. The second-order valence-electron chi connectivity index (χ2n) is 11.0. The van der Waals surface area contributed by atoms with Gasteiger partial charge < -0.3 is 89.5 Å². The van der Waals surface area contributed by atoms with E-state index in [4.69, 9.17) is 33.2 Å². The summed E-state index contributed by atoms with van der Waals surface area (Å²) in [5.74, 6) is -5.33. The van der Waals surface area contributed by atoms with E-state index >= 15 is 0 Å². The van der Waals surface area contributed by atoms with Crippen LogP contribution in [0, 0.1) is 0 Å². The molecule has 0 aromatic carbocycles. The molecule has 3 saturated heterocycles. The Bertz CT molecular complexity index is 975. The van der Waals surface area contributed by atoms with Gasteiger partial charge in [0.05, 0.1) is 32.0 Å². The molecule has 20 nitrogen and oxygen atoms in total. The number of hydrogen-bond donors (Lipinski definition) is 11. The molecule has 16 atom stereocenters. The first-order chi connectivity index (χ1) is 21.2. The maximum atomic E-state index is 12.8. The number of carbonyl (C=O) groups is 2. The van der Waals surface area contributed by atoms with Crippen molar-refractivity contribution in [1.82, 2.24) is 5.32 Å². The van der Waals surface area contributed by atoms with E-state index in [2.05, 4.69) is 5.32 Å². The van der Waals surface area contributed by atoms with Crippen molar-refractivity contribution in [2.24, 2.45) is 0 Å². The highest BCUT2D eigenvalue weighted by Gasteiger charge is 2.60. The molecule has 0 unspecified atom stereocenters. The lowest BCUT2D eigenvalue weighted by atomic mass is 9.87. The van der Waals surface area contributed by atoms with Crippen LogP contribution in [-0.4, -0.2) is 195 Å². The highest BCUT2D eigenvalue weighted by molar-refractivity contribution is 5.76. The zero-order chi connectivity index (χ0) is 33.8. The lowest BCUT2D eigenvalue weighted by molar-refractivity contribution is -0.385. The molecule has 0 spiro atoms. The summed E-state index contributed by atoms with van der Waals surface area (Å²) in [5, 5.41) is 106. The summed E-state index contributed by atoms with van der Waals surface area (Å²) in [6.07, 6.45) is -25.8. The highest BCUT2D eigenvalue weighted by Crippen LogP contribution is 2.39. The number of hydrogen-bond acceptors (Lipinski definition) is 18. The number of aliphatic hydroxyl groups excluding tert-OH is 9. The van der Waals surface area contributed by atoms with Crippen molar-refractivity contribution in [3.05, 3.63) is 0 Å². The maximum Gasteiger partial charge on any atom is 0.364 e.